The number of halogens is 1. The first-order valence-electron chi connectivity index (χ1n) is 9.84. The summed E-state index contributed by atoms with van der Waals surface area (Å²) in [5.74, 6) is 0.854. The lowest BCUT2D eigenvalue weighted by atomic mass is 10.1. The molecule has 1 aromatic carbocycles. The van der Waals surface area contributed by atoms with Gasteiger partial charge in [-0.25, -0.2) is 0 Å². The first kappa shape index (κ1) is 24.4. The molecule has 1 atom stereocenters. The van der Waals surface area contributed by atoms with Gasteiger partial charge in [0.2, 0.25) is 0 Å². The summed E-state index contributed by atoms with van der Waals surface area (Å²) < 4.78 is 2.00. The van der Waals surface area contributed by atoms with E-state index in [1.807, 2.05) is 11.6 Å². The summed E-state index contributed by atoms with van der Waals surface area (Å²) in [6, 6.07) is 11.0. The molecule has 0 saturated heterocycles. The van der Waals surface area contributed by atoms with Crippen LogP contribution in [0.1, 0.15) is 38.3 Å². The molecule has 28 heavy (non-hydrogen) atoms. The fraction of sp³-hybridized carbons (Fsp3) is 0.550. The molecular formula is C20H34IN7. The first-order chi connectivity index (χ1) is 13.3. The van der Waals surface area contributed by atoms with Gasteiger partial charge in [-0.3, -0.25) is 9.89 Å². The fourth-order valence-corrected chi connectivity index (χ4v) is 3.18. The predicted octanol–water partition coefficient (Wildman–Crippen LogP) is 2.92. The molecule has 0 bridgehead atoms. The van der Waals surface area contributed by atoms with Gasteiger partial charge in [0, 0.05) is 26.7 Å². The summed E-state index contributed by atoms with van der Waals surface area (Å²) in [5.41, 5.74) is 1.33. The minimum atomic E-state index is 0. The molecule has 0 aliphatic heterocycles. The van der Waals surface area contributed by atoms with E-state index in [0.29, 0.717) is 6.04 Å². The normalized spacial score (nSPS) is 12.5. The van der Waals surface area contributed by atoms with Crippen LogP contribution in [0.4, 0.5) is 0 Å². The van der Waals surface area contributed by atoms with Gasteiger partial charge in [0.05, 0.1) is 6.04 Å². The van der Waals surface area contributed by atoms with Crippen LogP contribution in [0.5, 0.6) is 0 Å². The Morgan fingerprint density at radius 2 is 1.75 bits per heavy atom. The highest BCUT2D eigenvalue weighted by Gasteiger charge is 2.17. The summed E-state index contributed by atoms with van der Waals surface area (Å²) in [6.45, 7) is 9.12. The lowest BCUT2D eigenvalue weighted by molar-refractivity contribution is 0.219. The Balaban J connectivity index is 0.00000392. The van der Waals surface area contributed by atoms with Crippen LogP contribution in [0, 0.1) is 0 Å². The van der Waals surface area contributed by atoms with Crippen LogP contribution >= 0.6 is 24.0 Å². The Kier molecular flexibility index (Phi) is 12.5. The van der Waals surface area contributed by atoms with Gasteiger partial charge in [-0.05, 0) is 31.5 Å². The number of aliphatic imine (C=N–C) groups is 1. The molecule has 0 fully saturated rings. The zero-order valence-electron chi connectivity index (χ0n) is 17.2. The van der Waals surface area contributed by atoms with Crippen LogP contribution in [-0.2, 0) is 6.54 Å². The van der Waals surface area contributed by atoms with Gasteiger partial charge >= 0.3 is 0 Å². The van der Waals surface area contributed by atoms with Crippen molar-refractivity contribution in [2.24, 2.45) is 4.99 Å². The second-order valence-electron chi connectivity index (χ2n) is 6.43. The maximum Gasteiger partial charge on any atom is 0.191 e. The monoisotopic (exact) mass is 499 g/mol. The summed E-state index contributed by atoms with van der Waals surface area (Å²) in [4.78, 5) is 6.83. The van der Waals surface area contributed by atoms with Gasteiger partial charge in [0.15, 0.2) is 5.96 Å². The molecule has 0 aliphatic rings. The zero-order valence-corrected chi connectivity index (χ0v) is 19.5. The summed E-state index contributed by atoms with van der Waals surface area (Å²) in [6.07, 6.45) is 5.65. The number of likely N-dealkylation sites (N-methyl/N-ethyl adjacent to an activating group) is 1. The lowest BCUT2D eigenvalue weighted by Crippen LogP contribution is -2.43. The molecule has 0 aliphatic carbocycles. The van der Waals surface area contributed by atoms with E-state index in [2.05, 4.69) is 74.9 Å². The molecule has 7 nitrogen and oxygen atoms in total. The molecular weight excluding hydrogens is 465 g/mol. The van der Waals surface area contributed by atoms with E-state index >= 15 is 0 Å². The Morgan fingerprint density at radius 1 is 1.07 bits per heavy atom. The zero-order chi connectivity index (χ0) is 19.3. The number of hydrogen-bond acceptors (Lipinski definition) is 4. The van der Waals surface area contributed by atoms with Crippen molar-refractivity contribution in [3.63, 3.8) is 0 Å². The van der Waals surface area contributed by atoms with E-state index in [1.165, 1.54) is 5.56 Å². The van der Waals surface area contributed by atoms with Gasteiger partial charge in [0.25, 0.3) is 0 Å². The molecule has 1 aromatic heterocycles. The molecule has 0 amide bonds. The quantitative estimate of drug-likeness (QED) is 0.215. The van der Waals surface area contributed by atoms with E-state index in [-0.39, 0.29) is 24.0 Å². The maximum atomic E-state index is 4.36. The standard InChI is InChI=1S/C20H33N7.HI/c1-4-27(5-2)19(18-11-7-6-8-12-18)15-23-20(21-3)22-13-9-10-14-26-16-24-25-17-26;/h6-8,11-12,16-17,19H,4-5,9-10,13-15H2,1-3H3,(H2,21,22,23);1H. The highest BCUT2D eigenvalue weighted by atomic mass is 127. The molecule has 1 heterocycles. The van der Waals surface area contributed by atoms with Crippen LogP contribution in [0.2, 0.25) is 0 Å². The molecule has 2 aromatic rings. The Bertz CT molecular complexity index is 642. The van der Waals surface area contributed by atoms with Crippen LogP contribution in [0.25, 0.3) is 0 Å². The highest BCUT2D eigenvalue weighted by molar-refractivity contribution is 14.0. The third-order valence-corrected chi connectivity index (χ3v) is 4.73. The molecule has 0 radical (unpaired) electrons. The average Bonchev–Trinajstić information content (AvgIpc) is 3.23. The van der Waals surface area contributed by atoms with Crippen molar-refractivity contribution in [3.8, 4) is 0 Å². The van der Waals surface area contributed by atoms with E-state index < -0.39 is 0 Å². The Morgan fingerprint density at radius 3 is 2.36 bits per heavy atom. The smallest absolute Gasteiger partial charge is 0.191 e. The van der Waals surface area contributed by atoms with Crippen molar-refractivity contribution in [1.82, 2.24) is 30.3 Å². The van der Waals surface area contributed by atoms with Crippen molar-refractivity contribution in [2.75, 3.05) is 33.2 Å². The summed E-state index contributed by atoms with van der Waals surface area (Å²) in [7, 11) is 1.82. The number of nitrogens with zero attached hydrogens (tertiary/aromatic N) is 5. The number of aromatic nitrogens is 3. The largest absolute Gasteiger partial charge is 0.356 e. The minimum Gasteiger partial charge on any atom is -0.356 e. The molecule has 2 N–H and O–H groups in total. The molecule has 0 saturated carbocycles. The number of rotatable bonds is 11. The number of benzene rings is 1. The lowest BCUT2D eigenvalue weighted by Gasteiger charge is -2.30. The second kappa shape index (κ2) is 14.3. The van der Waals surface area contributed by atoms with Gasteiger partial charge < -0.3 is 15.2 Å². The first-order valence-corrected chi connectivity index (χ1v) is 9.84. The van der Waals surface area contributed by atoms with Gasteiger partial charge in [-0.15, -0.1) is 34.2 Å². The van der Waals surface area contributed by atoms with E-state index in [0.717, 1.165) is 51.5 Å². The van der Waals surface area contributed by atoms with Crippen molar-refractivity contribution in [1.29, 1.82) is 0 Å². The topological polar surface area (TPSA) is 70.4 Å². The number of nitrogens with one attached hydrogen (secondary N) is 2. The molecule has 2 rings (SSSR count). The van der Waals surface area contributed by atoms with Gasteiger partial charge in [-0.2, -0.15) is 0 Å². The van der Waals surface area contributed by atoms with E-state index in [9.17, 15) is 0 Å². The number of unbranched alkanes of at least 4 members (excludes halogenated alkanes) is 1. The van der Waals surface area contributed by atoms with E-state index in [1.54, 1.807) is 12.7 Å². The number of aryl methyl sites for hydroxylation is 1. The Hall–Kier alpha value is -1.68. The van der Waals surface area contributed by atoms with Crippen LogP contribution < -0.4 is 10.6 Å². The van der Waals surface area contributed by atoms with Crippen molar-refractivity contribution < 1.29 is 0 Å². The summed E-state index contributed by atoms with van der Waals surface area (Å²) in [5, 5.41) is 14.5. The average molecular weight is 499 g/mol. The second-order valence-corrected chi connectivity index (χ2v) is 6.43. The fourth-order valence-electron chi connectivity index (χ4n) is 3.18. The highest BCUT2D eigenvalue weighted by Crippen LogP contribution is 2.19. The summed E-state index contributed by atoms with van der Waals surface area (Å²) >= 11 is 0. The SMILES string of the molecule is CCN(CC)C(CNC(=NC)NCCCCn1cnnc1)c1ccccc1.I. The van der Waals surface area contributed by atoms with Crippen LogP contribution in [-0.4, -0.2) is 58.9 Å². The number of hydrogen-bond donors (Lipinski definition) is 2. The Labute approximate surface area is 186 Å². The molecule has 0 spiro atoms. The third kappa shape index (κ3) is 8.14. The van der Waals surface area contributed by atoms with Crippen molar-refractivity contribution >= 4 is 29.9 Å². The third-order valence-electron chi connectivity index (χ3n) is 4.73. The van der Waals surface area contributed by atoms with Gasteiger partial charge in [-0.1, -0.05) is 44.2 Å². The molecule has 8 heteroatoms. The van der Waals surface area contributed by atoms with Crippen molar-refractivity contribution in [2.45, 2.75) is 39.3 Å². The van der Waals surface area contributed by atoms with Crippen molar-refractivity contribution in [3.05, 3.63) is 48.5 Å². The predicted molar refractivity (Wildman–Crippen MR) is 126 cm³/mol. The maximum absolute atomic E-state index is 4.36. The number of guanidine groups is 1. The van der Waals surface area contributed by atoms with Crippen LogP contribution in [0.15, 0.2) is 48.0 Å². The van der Waals surface area contributed by atoms with Crippen LogP contribution in [0.3, 0.4) is 0 Å². The molecule has 1 unspecified atom stereocenters. The van der Waals surface area contributed by atoms with E-state index in [4.69, 9.17) is 0 Å². The molecule has 156 valence electrons. The van der Waals surface area contributed by atoms with Gasteiger partial charge in [0.1, 0.15) is 12.7 Å². The minimum absolute atomic E-state index is 0.